The van der Waals surface area contributed by atoms with Crippen LogP contribution in [0.5, 0.6) is 0 Å². The Morgan fingerprint density at radius 2 is 2.06 bits per heavy atom. The molecule has 7 heteroatoms. The number of benzene rings is 2. The zero-order chi connectivity index (χ0) is 21.4. The van der Waals surface area contributed by atoms with Crippen LogP contribution in [0.25, 0.3) is 28.3 Å². The molecule has 3 heterocycles. The third-order valence-corrected chi connectivity index (χ3v) is 5.69. The van der Waals surface area contributed by atoms with E-state index >= 15 is 0 Å². The van der Waals surface area contributed by atoms with E-state index in [0.717, 1.165) is 22.5 Å². The second-order valence-corrected chi connectivity index (χ2v) is 7.84. The highest BCUT2D eigenvalue weighted by atomic mass is 35.5. The average Bonchev–Trinajstić information content (AvgIpc) is 3.22. The van der Waals surface area contributed by atoms with E-state index in [1.807, 2.05) is 30.3 Å². The number of fused-ring (bicyclic) bond motifs is 2. The number of H-pyrrole nitrogens is 1. The van der Waals surface area contributed by atoms with Crippen molar-refractivity contribution in [2.75, 3.05) is 6.54 Å². The van der Waals surface area contributed by atoms with Crippen molar-refractivity contribution in [2.24, 2.45) is 0 Å². The van der Waals surface area contributed by atoms with Gasteiger partial charge in [0.25, 0.3) is 0 Å². The van der Waals surface area contributed by atoms with Crippen molar-refractivity contribution in [3.05, 3.63) is 92.9 Å². The lowest BCUT2D eigenvalue weighted by atomic mass is 10.0. The van der Waals surface area contributed by atoms with Crippen molar-refractivity contribution >= 4 is 34.6 Å². The minimum atomic E-state index is -0.170. The van der Waals surface area contributed by atoms with Crippen LogP contribution in [0.15, 0.2) is 70.1 Å². The summed E-state index contributed by atoms with van der Waals surface area (Å²) in [4.78, 5) is 27.2. The van der Waals surface area contributed by atoms with Gasteiger partial charge >= 0.3 is 0 Å². The van der Waals surface area contributed by atoms with Gasteiger partial charge in [-0.3, -0.25) is 14.7 Å². The fraction of sp³-hybridized carbons (Fsp3) is 0.125. The first-order valence-electron chi connectivity index (χ1n) is 9.90. The Hall–Kier alpha value is -3.64. The number of carbonyl (C=O) groups is 1. The number of nitrogens with zero attached hydrogens (tertiary/aromatic N) is 2. The first-order chi connectivity index (χ1) is 15.1. The van der Waals surface area contributed by atoms with Crippen LogP contribution in [-0.4, -0.2) is 27.5 Å². The van der Waals surface area contributed by atoms with Crippen LogP contribution in [0, 0.1) is 0 Å². The number of carbonyl (C=O) groups excluding carboxylic acids is 1. The Balaban J connectivity index is 1.38. The summed E-state index contributed by atoms with van der Waals surface area (Å²) in [6.45, 7) is 1.00. The van der Waals surface area contributed by atoms with E-state index in [2.05, 4.69) is 10.2 Å². The Labute approximate surface area is 182 Å². The van der Waals surface area contributed by atoms with Gasteiger partial charge in [0.05, 0.1) is 16.6 Å². The highest BCUT2D eigenvalue weighted by molar-refractivity contribution is 6.30. The van der Waals surface area contributed by atoms with E-state index < -0.39 is 0 Å². The maximum Gasteiger partial charge on any atom is 0.246 e. The van der Waals surface area contributed by atoms with Crippen molar-refractivity contribution in [2.45, 2.75) is 13.0 Å². The average molecular weight is 432 g/mol. The molecule has 1 N–H and O–H groups in total. The molecule has 0 saturated carbocycles. The standard InChI is InChI=1S/C24H18ClN3O3/c25-17-5-3-4-15(12-17)23-19-13-28(11-10-20(19)26-27-23)22(29)9-8-16-14-31-21-7-2-1-6-18(21)24(16)30/h1-9,12,14H,10-11,13H2,(H,26,27)/b9-8+. The molecule has 154 valence electrons. The largest absolute Gasteiger partial charge is 0.463 e. The molecule has 2 aromatic carbocycles. The van der Waals surface area contributed by atoms with Crippen LogP contribution in [0.4, 0.5) is 0 Å². The van der Waals surface area contributed by atoms with Crippen LogP contribution in [0.3, 0.4) is 0 Å². The molecule has 0 unspecified atom stereocenters. The maximum absolute atomic E-state index is 12.8. The quantitative estimate of drug-likeness (QED) is 0.486. The molecule has 1 amide bonds. The van der Waals surface area contributed by atoms with Gasteiger partial charge in [0.1, 0.15) is 11.8 Å². The Bertz CT molecular complexity index is 1390. The Morgan fingerprint density at radius 1 is 1.19 bits per heavy atom. The van der Waals surface area contributed by atoms with Crippen LogP contribution >= 0.6 is 11.6 Å². The fourth-order valence-corrected chi connectivity index (χ4v) is 4.02. The van der Waals surface area contributed by atoms with Gasteiger partial charge in [-0.25, -0.2) is 0 Å². The number of amides is 1. The summed E-state index contributed by atoms with van der Waals surface area (Å²) in [5, 5.41) is 8.65. The molecule has 1 aliphatic rings. The molecule has 2 aromatic heterocycles. The lowest BCUT2D eigenvalue weighted by molar-refractivity contribution is -0.126. The monoisotopic (exact) mass is 431 g/mol. The zero-order valence-electron chi connectivity index (χ0n) is 16.5. The molecule has 0 radical (unpaired) electrons. The van der Waals surface area contributed by atoms with Gasteiger partial charge < -0.3 is 9.32 Å². The summed E-state index contributed by atoms with van der Waals surface area (Å²) < 4.78 is 5.51. The summed E-state index contributed by atoms with van der Waals surface area (Å²) >= 11 is 6.13. The number of nitrogens with one attached hydrogen (secondary N) is 1. The molecule has 0 spiro atoms. The van der Waals surface area contributed by atoms with Crippen LogP contribution in [0.2, 0.25) is 5.02 Å². The van der Waals surface area contributed by atoms with Gasteiger partial charge in [-0.05, 0) is 30.3 Å². The van der Waals surface area contributed by atoms with Crippen LogP contribution in [0.1, 0.15) is 16.8 Å². The van der Waals surface area contributed by atoms with Crippen molar-refractivity contribution < 1.29 is 9.21 Å². The topological polar surface area (TPSA) is 79.2 Å². The summed E-state index contributed by atoms with van der Waals surface area (Å²) in [6, 6.07) is 14.5. The van der Waals surface area contributed by atoms with Gasteiger partial charge in [0.15, 0.2) is 5.43 Å². The van der Waals surface area contributed by atoms with Gasteiger partial charge in [0.2, 0.25) is 5.91 Å². The molecular weight excluding hydrogens is 414 g/mol. The predicted octanol–water partition coefficient (Wildman–Crippen LogP) is 4.43. The number of halogens is 1. The molecule has 0 atom stereocenters. The predicted molar refractivity (Wildman–Crippen MR) is 120 cm³/mol. The SMILES string of the molecule is O=C(/C=C/c1coc2ccccc2c1=O)N1CCc2[nH]nc(-c3cccc(Cl)c3)c2C1. The zero-order valence-corrected chi connectivity index (χ0v) is 17.2. The normalized spacial score (nSPS) is 13.6. The lowest BCUT2D eigenvalue weighted by Crippen LogP contribution is -2.34. The minimum Gasteiger partial charge on any atom is -0.463 e. The van der Waals surface area contributed by atoms with Gasteiger partial charge in [-0.2, -0.15) is 5.10 Å². The van der Waals surface area contributed by atoms with E-state index in [4.69, 9.17) is 16.0 Å². The fourth-order valence-electron chi connectivity index (χ4n) is 3.83. The lowest BCUT2D eigenvalue weighted by Gasteiger charge is -2.26. The molecule has 0 aliphatic carbocycles. The second kappa shape index (κ2) is 7.89. The Morgan fingerprint density at radius 3 is 2.94 bits per heavy atom. The van der Waals surface area contributed by atoms with E-state index in [-0.39, 0.29) is 11.3 Å². The molecule has 5 rings (SSSR count). The van der Waals surface area contributed by atoms with Crippen LogP contribution in [-0.2, 0) is 17.8 Å². The number of para-hydroxylation sites is 1. The molecule has 1 aliphatic heterocycles. The highest BCUT2D eigenvalue weighted by Crippen LogP contribution is 2.29. The summed E-state index contributed by atoms with van der Waals surface area (Å²) in [5.74, 6) is -0.170. The van der Waals surface area contributed by atoms with Gasteiger partial charge in [0, 0.05) is 47.4 Å². The molecule has 0 bridgehead atoms. The third-order valence-electron chi connectivity index (χ3n) is 5.46. The van der Waals surface area contributed by atoms with E-state index in [1.165, 1.54) is 18.4 Å². The van der Waals surface area contributed by atoms with Crippen molar-refractivity contribution in [1.82, 2.24) is 15.1 Å². The second-order valence-electron chi connectivity index (χ2n) is 7.40. The molecule has 6 nitrogen and oxygen atoms in total. The van der Waals surface area contributed by atoms with Crippen molar-refractivity contribution in [1.29, 1.82) is 0 Å². The smallest absolute Gasteiger partial charge is 0.246 e. The first kappa shape index (κ1) is 19.3. The number of rotatable bonds is 3. The molecule has 0 saturated heterocycles. The van der Waals surface area contributed by atoms with E-state index in [9.17, 15) is 9.59 Å². The number of aromatic amines is 1. The maximum atomic E-state index is 12.8. The van der Waals surface area contributed by atoms with Gasteiger partial charge in [-0.1, -0.05) is 35.9 Å². The van der Waals surface area contributed by atoms with Crippen molar-refractivity contribution in [3.8, 4) is 11.3 Å². The number of hydrogen-bond acceptors (Lipinski definition) is 4. The summed E-state index contributed by atoms with van der Waals surface area (Å²) in [7, 11) is 0. The molecule has 0 fully saturated rings. The molecule has 31 heavy (non-hydrogen) atoms. The summed E-state index contributed by atoms with van der Waals surface area (Å²) in [6.07, 6.45) is 5.01. The Kier molecular flexibility index (Phi) is 4.92. The number of aromatic nitrogens is 2. The number of hydrogen-bond donors (Lipinski definition) is 1. The highest BCUT2D eigenvalue weighted by Gasteiger charge is 2.24. The van der Waals surface area contributed by atoms with Gasteiger partial charge in [-0.15, -0.1) is 0 Å². The van der Waals surface area contributed by atoms with E-state index in [0.29, 0.717) is 41.1 Å². The summed E-state index contributed by atoms with van der Waals surface area (Å²) in [5.41, 5.74) is 4.42. The van der Waals surface area contributed by atoms with Crippen molar-refractivity contribution in [3.63, 3.8) is 0 Å². The first-order valence-corrected chi connectivity index (χ1v) is 10.3. The molecular formula is C24H18ClN3O3. The molecule has 4 aromatic rings. The van der Waals surface area contributed by atoms with E-state index in [1.54, 1.807) is 23.1 Å². The van der Waals surface area contributed by atoms with Crippen LogP contribution < -0.4 is 5.43 Å². The minimum absolute atomic E-state index is 0.162. The third kappa shape index (κ3) is 3.66.